The van der Waals surface area contributed by atoms with E-state index < -0.39 is 0 Å². The fourth-order valence-electron chi connectivity index (χ4n) is 2.93. The van der Waals surface area contributed by atoms with Gasteiger partial charge in [0.2, 0.25) is 0 Å². The summed E-state index contributed by atoms with van der Waals surface area (Å²) in [6.07, 6.45) is 1.64. The molecular formula is C19H24Cl2N6OS. The van der Waals surface area contributed by atoms with Crippen LogP contribution in [0.15, 0.2) is 29.4 Å². The van der Waals surface area contributed by atoms with Crippen LogP contribution in [0.2, 0.25) is 10.2 Å². The minimum absolute atomic E-state index is 0.469. The Labute approximate surface area is 186 Å². The number of morpholine rings is 1. The number of hydrogen-bond acceptors (Lipinski definition) is 5. The molecule has 10 heteroatoms. The summed E-state index contributed by atoms with van der Waals surface area (Å²) in [5, 5.41) is 13.5. The lowest BCUT2D eigenvalue weighted by molar-refractivity contribution is 0.0389. The number of rotatable bonds is 7. The SMILES string of the molecule is Cc1nn(Cc2ccc(Cl)cc2)c(Cl)c1C=NNC(=S)NCCN1CCOCC1. The molecule has 1 saturated heterocycles. The average molecular weight is 455 g/mol. The van der Waals surface area contributed by atoms with E-state index in [0.717, 1.165) is 56.2 Å². The van der Waals surface area contributed by atoms with Gasteiger partial charge in [-0.3, -0.25) is 10.3 Å². The van der Waals surface area contributed by atoms with Crippen molar-refractivity contribution in [1.29, 1.82) is 0 Å². The molecule has 1 aliphatic heterocycles. The second-order valence-electron chi connectivity index (χ2n) is 6.65. The Morgan fingerprint density at radius 3 is 2.72 bits per heavy atom. The molecule has 0 radical (unpaired) electrons. The number of aromatic nitrogens is 2. The fourth-order valence-corrected chi connectivity index (χ4v) is 3.49. The predicted molar refractivity (Wildman–Crippen MR) is 121 cm³/mol. The van der Waals surface area contributed by atoms with Crippen molar-refractivity contribution in [2.45, 2.75) is 13.5 Å². The van der Waals surface area contributed by atoms with Crippen LogP contribution in [0.5, 0.6) is 0 Å². The van der Waals surface area contributed by atoms with Crippen molar-refractivity contribution in [3.63, 3.8) is 0 Å². The molecule has 1 aliphatic rings. The summed E-state index contributed by atoms with van der Waals surface area (Å²) >= 11 is 17.7. The first kappa shape index (κ1) is 22.0. The van der Waals surface area contributed by atoms with E-state index in [2.05, 4.69) is 25.8 Å². The number of ether oxygens (including phenoxy) is 1. The molecule has 0 unspecified atom stereocenters. The van der Waals surface area contributed by atoms with Gasteiger partial charge in [-0.2, -0.15) is 10.2 Å². The molecule has 1 aromatic heterocycles. The molecule has 3 rings (SSSR count). The standard InChI is InChI=1S/C19H24Cl2N6OS/c1-14-17(18(21)27(25-14)13-15-2-4-16(20)5-3-15)12-23-24-19(29)22-6-7-26-8-10-28-11-9-26/h2-5,12H,6-11,13H2,1H3,(H2,22,24,29). The molecule has 2 N–H and O–H groups in total. The summed E-state index contributed by atoms with van der Waals surface area (Å²) in [6.45, 7) is 7.61. The van der Waals surface area contributed by atoms with Gasteiger partial charge in [0.25, 0.3) is 0 Å². The van der Waals surface area contributed by atoms with Crippen LogP contribution in [0.3, 0.4) is 0 Å². The smallest absolute Gasteiger partial charge is 0.187 e. The number of nitrogens with one attached hydrogen (secondary N) is 2. The fraction of sp³-hybridized carbons (Fsp3) is 0.421. The normalized spacial score (nSPS) is 15.0. The van der Waals surface area contributed by atoms with Crippen molar-refractivity contribution in [3.8, 4) is 0 Å². The molecule has 156 valence electrons. The van der Waals surface area contributed by atoms with E-state index in [1.807, 2.05) is 31.2 Å². The van der Waals surface area contributed by atoms with Gasteiger partial charge >= 0.3 is 0 Å². The first-order chi connectivity index (χ1) is 14.0. The Balaban J connectivity index is 1.48. The Kier molecular flexibility index (Phi) is 8.26. The first-order valence-electron chi connectivity index (χ1n) is 9.37. The van der Waals surface area contributed by atoms with Crippen LogP contribution in [-0.2, 0) is 11.3 Å². The lowest BCUT2D eigenvalue weighted by Gasteiger charge is -2.26. The molecule has 7 nitrogen and oxygen atoms in total. The maximum absolute atomic E-state index is 6.49. The van der Waals surface area contributed by atoms with Gasteiger partial charge in [-0.1, -0.05) is 35.3 Å². The van der Waals surface area contributed by atoms with Gasteiger partial charge in [0.05, 0.1) is 37.2 Å². The third-order valence-corrected chi connectivity index (χ3v) is 5.42. The lowest BCUT2D eigenvalue weighted by Crippen LogP contribution is -2.42. The van der Waals surface area contributed by atoms with E-state index in [0.29, 0.717) is 21.8 Å². The zero-order chi connectivity index (χ0) is 20.6. The van der Waals surface area contributed by atoms with Crippen LogP contribution >= 0.6 is 35.4 Å². The van der Waals surface area contributed by atoms with E-state index in [9.17, 15) is 0 Å². The van der Waals surface area contributed by atoms with E-state index in [1.165, 1.54) is 0 Å². The largest absolute Gasteiger partial charge is 0.379 e. The molecule has 0 bridgehead atoms. The predicted octanol–water partition coefficient (Wildman–Crippen LogP) is 2.68. The zero-order valence-corrected chi connectivity index (χ0v) is 18.5. The second-order valence-corrected chi connectivity index (χ2v) is 7.86. The van der Waals surface area contributed by atoms with Crippen LogP contribution in [-0.4, -0.2) is 65.4 Å². The molecule has 0 saturated carbocycles. The summed E-state index contributed by atoms with van der Waals surface area (Å²) in [5.74, 6) is 0. The van der Waals surface area contributed by atoms with Crippen LogP contribution < -0.4 is 10.7 Å². The molecule has 2 aromatic rings. The number of halogens is 2. The summed E-state index contributed by atoms with van der Waals surface area (Å²) in [6, 6.07) is 7.60. The Morgan fingerprint density at radius 2 is 2.00 bits per heavy atom. The van der Waals surface area contributed by atoms with Crippen molar-refractivity contribution >= 4 is 46.7 Å². The molecule has 0 aliphatic carbocycles. The van der Waals surface area contributed by atoms with Crippen LogP contribution in [0.25, 0.3) is 0 Å². The molecule has 1 fully saturated rings. The number of hydrazone groups is 1. The number of aryl methyl sites for hydroxylation is 1. The summed E-state index contributed by atoms with van der Waals surface area (Å²) in [5.41, 5.74) is 5.43. The first-order valence-corrected chi connectivity index (χ1v) is 10.5. The molecular weight excluding hydrogens is 431 g/mol. The maximum Gasteiger partial charge on any atom is 0.187 e. The van der Waals surface area contributed by atoms with Gasteiger partial charge in [-0.15, -0.1) is 0 Å². The maximum atomic E-state index is 6.49. The number of nitrogens with zero attached hydrogens (tertiary/aromatic N) is 4. The van der Waals surface area contributed by atoms with Crippen molar-refractivity contribution in [3.05, 3.63) is 51.3 Å². The highest BCUT2D eigenvalue weighted by Crippen LogP contribution is 2.19. The quantitative estimate of drug-likeness (QED) is 0.380. The third-order valence-electron chi connectivity index (χ3n) is 4.53. The number of hydrogen-bond donors (Lipinski definition) is 2. The van der Waals surface area contributed by atoms with E-state index in [-0.39, 0.29) is 0 Å². The number of thiocarbonyl (C=S) groups is 1. The Bertz CT molecular complexity index is 849. The summed E-state index contributed by atoms with van der Waals surface area (Å²) in [7, 11) is 0. The lowest BCUT2D eigenvalue weighted by atomic mass is 10.2. The summed E-state index contributed by atoms with van der Waals surface area (Å²) < 4.78 is 7.08. The van der Waals surface area contributed by atoms with Crippen LogP contribution in [0.4, 0.5) is 0 Å². The van der Waals surface area contributed by atoms with Gasteiger partial charge in [-0.05, 0) is 36.8 Å². The highest BCUT2D eigenvalue weighted by molar-refractivity contribution is 7.80. The van der Waals surface area contributed by atoms with Crippen LogP contribution in [0, 0.1) is 6.92 Å². The molecule has 0 amide bonds. The monoisotopic (exact) mass is 454 g/mol. The van der Waals surface area contributed by atoms with Crippen molar-refractivity contribution in [1.82, 2.24) is 25.4 Å². The van der Waals surface area contributed by atoms with Gasteiger partial charge in [0.15, 0.2) is 5.11 Å². The number of benzene rings is 1. The third kappa shape index (κ3) is 6.65. The van der Waals surface area contributed by atoms with Gasteiger partial charge in [0, 0.05) is 31.2 Å². The van der Waals surface area contributed by atoms with E-state index in [4.69, 9.17) is 40.2 Å². The molecule has 0 atom stereocenters. The highest BCUT2D eigenvalue weighted by Gasteiger charge is 2.12. The van der Waals surface area contributed by atoms with Crippen molar-refractivity contribution < 1.29 is 4.74 Å². The molecule has 29 heavy (non-hydrogen) atoms. The zero-order valence-electron chi connectivity index (χ0n) is 16.2. The van der Waals surface area contributed by atoms with Gasteiger partial charge < -0.3 is 10.1 Å². The Hall–Kier alpha value is -1.71. The van der Waals surface area contributed by atoms with Crippen molar-refractivity contribution in [2.24, 2.45) is 5.10 Å². The minimum atomic E-state index is 0.469. The average Bonchev–Trinajstić information content (AvgIpc) is 2.98. The van der Waals surface area contributed by atoms with Crippen molar-refractivity contribution in [2.75, 3.05) is 39.4 Å². The van der Waals surface area contributed by atoms with E-state index in [1.54, 1.807) is 10.9 Å². The van der Waals surface area contributed by atoms with Crippen LogP contribution in [0.1, 0.15) is 16.8 Å². The Morgan fingerprint density at radius 1 is 1.28 bits per heavy atom. The highest BCUT2D eigenvalue weighted by atomic mass is 35.5. The minimum Gasteiger partial charge on any atom is -0.379 e. The molecule has 0 spiro atoms. The second kappa shape index (κ2) is 10.9. The molecule has 1 aromatic carbocycles. The summed E-state index contributed by atoms with van der Waals surface area (Å²) in [4.78, 5) is 2.33. The van der Waals surface area contributed by atoms with E-state index >= 15 is 0 Å². The van der Waals surface area contributed by atoms with Gasteiger partial charge in [0.1, 0.15) is 5.15 Å². The molecule has 2 heterocycles. The van der Waals surface area contributed by atoms with Gasteiger partial charge in [-0.25, -0.2) is 4.68 Å². The topological polar surface area (TPSA) is 66.7 Å².